The minimum Gasteiger partial charge on any atom is -0.298 e. The Hall–Kier alpha value is -1.39. The first-order chi connectivity index (χ1) is 10.1. The van der Waals surface area contributed by atoms with E-state index in [9.17, 15) is 9.18 Å². The fourth-order valence-corrected chi connectivity index (χ4v) is 3.23. The molecule has 3 rings (SSSR count). The van der Waals surface area contributed by atoms with Gasteiger partial charge in [0.25, 0.3) is 0 Å². The molecule has 0 bridgehead atoms. The van der Waals surface area contributed by atoms with Gasteiger partial charge in [0.15, 0.2) is 6.29 Å². The minimum atomic E-state index is -0.580. The zero-order valence-corrected chi connectivity index (χ0v) is 12.7. The minimum absolute atomic E-state index is 0.0494. The second-order valence-corrected chi connectivity index (χ2v) is 6.03. The Morgan fingerprint density at radius 3 is 2.62 bits per heavy atom. The predicted octanol–water partition coefficient (Wildman–Crippen LogP) is 4.92. The van der Waals surface area contributed by atoms with Crippen LogP contribution in [0.15, 0.2) is 18.3 Å². The second kappa shape index (κ2) is 5.78. The summed E-state index contributed by atoms with van der Waals surface area (Å²) in [5.41, 5.74) is 1.19. The van der Waals surface area contributed by atoms with E-state index in [1.807, 2.05) is 0 Å². The van der Waals surface area contributed by atoms with Crippen LogP contribution in [0.5, 0.6) is 0 Å². The Balaban J connectivity index is 2.09. The first kappa shape index (κ1) is 14.5. The van der Waals surface area contributed by atoms with E-state index in [1.54, 1.807) is 10.9 Å². The van der Waals surface area contributed by atoms with Crippen LogP contribution in [0.3, 0.4) is 0 Å². The third-order valence-electron chi connectivity index (χ3n) is 3.85. The molecule has 0 radical (unpaired) electrons. The van der Waals surface area contributed by atoms with E-state index in [0.29, 0.717) is 22.9 Å². The summed E-state index contributed by atoms with van der Waals surface area (Å²) >= 11 is 11.8. The lowest BCUT2D eigenvalue weighted by molar-refractivity contribution is 0.112. The average molecular weight is 327 g/mol. The van der Waals surface area contributed by atoms with Crippen molar-refractivity contribution in [3.8, 4) is 11.3 Å². The fraction of sp³-hybridized carbons (Fsp3) is 0.333. The maximum absolute atomic E-state index is 13.7. The molecule has 1 fully saturated rings. The van der Waals surface area contributed by atoms with Crippen molar-refractivity contribution in [2.45, 2.75) is 31.7 Å². The van der Waals surface area contributed by atoms with E-state index in [1.165, 1.54) is 12.1 Å². The highest BCUT2D eigenvalue weighted by Gasteiger charge is 2.22. The third-order valence-corrected chi connectivity index (χ3v) is 4.45. The number of nitrogens with zero attached hydrogens (tertiary/aromatic N) is 2. The number of benzene rings is 1. The summed E-state index contributed by atoms with van der Waals surface area (Å²) in [4.78, 5) is 11.3. The molecule has 110 valence electrons. The molecule has 1 aromatic heterocycles. The maximum Gasteiger partial charge on any atom is 0.153 e. The van der Waals surface area contributed by atoms with Crippen LogP contribution in [0, 0.1) is 5.82 Å². The van der Waals surface area contributed by atoms with E-state index in [4.69, 9.17) is 23.2 Å². The molecule has 0 amide bonds. The van der Waals surface area contributed by atoms with Crippen molar-refractivity contribution in [2.75, 3.05) is 0 Å². The van der Waals surface area contributed by atoms with E-state index >= 15 is 0 Å². The van der Waals surface area contributed by atoms with Crippen LogP contribution in [0.1, 0.15) is 42.1 Å². The molecule has 3 nitrogen and oxygen atoms in total. The lowest BCUT2D eigenvalue weighted by atomic mass is 10.1. The van der Waals surface area contributed by atoms with Crippen LogP contribution in [0.2, 0.25) is 10.0 Å². The molecule has 2 aromatic rings. The Morgan fingerprint density at radius 1 is 1.24 bits per heavy atom. The van der Waals surface area contributed by atoms with Crippen LogP contribution >= 0.6 is 23.2 Å². The quantitative estimate of drug-likeness (QED) is 0.592. The van der Waals surface area contributed by atoms with Crippen molar-refractivity contribution in [3.05, 3.63) is 39.8 Å². The van der Waals surface area contributed by atoms with Crippen molar-refractivity contribution in [3.63, 3.8) is 0 Å². The number of carbonyl (C=O) groups excluding carboxylic acids is 1. The van der Waals surface area contributed by atoms with Crippen LogP contribution in [-0.4, -0.2) is 16.1 Å². The zero-order chi connectivity index (χ0) is 15.0. The topological polar surface area (TPSA) is 34.9 Å². The lowest BCUT2D eigenvalue weighted by Gasteiger charge is -2.09. The van der Waals surface area contributed by atoms with Gasteiger partial charge in [0.1, 0.15) is 11.5 Å². The van der Waals surface area contributed by atoms with Crippen molar-refractivity contribution in [2.24, 2.45) is 0 Å². The maximum atomic E-state index is 13.7. The summed E-state index contributed by atoms with van der Waals surface area (Å²) in [6, 6.07) is 2.85. The average Bonchev–Trinajstić information content (AvgIpc) is 3.11. The number of aldehydes is 1. The van der Waals surface area contributed by atoms with E-state index < -0.39 is 5.82 Å². The number of hydrogen-bond donors (Lipinski definition) is 0. The fourth-order valence-electron chi connectivity index (χ4n) is 2.76. The third kappa shape index (κ3) is 2.70. The molecule has 1 aromatic carbocycles. The van der Waals surface area contributed by atoms with E-state index in [0.717, 1.165) is 32.0 Å². The predicted molar refractivity (Wildman–Crippen MR) is 80.5 cm³/mol. The molecule has 6 heteroatoms. The largest absolute Gasteiger partial charge is 0.298 e. The van der Waals surface area contributed by atoms with Crippen LogP contribution in [0.25, 0.3) is 11.3 Å². The van der Waals surface area contributed by atoms with Gasteiger partial charge < -0.3 is 0 Å². The molecule has 1 heterocycles. The zero-order valence-electron chi connectivity index (χ0n) is 11.2. The summed E-state index contributed by atoms with van der Waals surface area (Å²) in [6.07, 6.45) is 6.83. The monoisotopic (exact) mass is 326 g/mol. The molecule has 0 saturated heterocycles. The molecule has 21 heavy (non-hydrogen) atoms. The highest BCUT2D eigenvalue weighted by Crippen LogP contribution is 2.35. The second-order valence-electron chi connectivity index (χ2n) is 5.22. The van der Waals surface area contributed by atoms with Gasteiger partial charge in [0, 0.05) is 11.8 Å². The number of rotatable bonds is 3. The number of aromatic nitrogens is 2. The Bertz CT molecular complexity index is 693. The normalized spacial score (nSPS) is 15.6. The molecule has 1 saturated carbocycles. The van der Waals surface area contributed by atoms with Crippen molar-refractivity contribution in [1.29, 1.82) is 0 Å². The first-order valence-electron chi connectivity index (χ1n) is 6.79. The molecule has 0 aliphatic heterocycles. The molecule has 0 spiro atoms. The summed E-state index contributed by atoms with van der Waals surface area (Å²) in [6.45, 7) is 0. The lowest BCUT2D eigenvalue weighted by Crippen LogP contribution is -2.05. The molecule has 0 atom stereocenters. The molecule has 1 aliphatic carbocycles. The molecular formula is C15H13Cl2FN2O. The summed E-state index contributed by atoms with van der Waals surface area (Å²) in [5.74, 6) is -0.580. The van der Waals surface area contributed by atoms with Gasteiger partial charge in [-0.3, -0.25) is 9.48 Å². The summed E-state index contributed by atoms with van der Waals surface area (Å²) < 4.78 is 15.5. The number of halogens is 3. The molecule has 0 N–H and O–H groups in total. The standard InChI is InChI=1S/C15H13Cl2FN2O/c16-12-6-13(17)14(18)5-11(12)15-9(8-21)7-20(19-15)10-3-1-2-4-10/h5-8,10H,1-4H2. The number of carbonyl (C=O) groups is 1. The van der Waals surface area contributed by atoms with Gasteiger partial charge in [-0.05, 0) is 25.0 Å². The van der Waals surface area contributed by atoms with Crippen LogP contribution in [0.4, 0.5) is 4.39 Å². The highest BCUT2D eigenvalue weighted by atomic mass is 35.5. The SMILES string of the molecule is O=Cc1cn(C2CCCC2)nc1-c1cc(F)c(Cl)cc1Cl. The smallest absolute Gasteiger partial charge is 0.153 e. The van der Waals surface area contributed by atoms with Crippen LogP contribution < -0.4 is 0 Å². The Labute approximate surface area is 131 Å². The summed E-state index contributed by atoms with van der Waals surface area (Å²) in [7, 11) is 0. The van der Waals surface area contributed by atoms with Gasteiger partial charge in [-0.1, -0.05) is 36.0 Å². The Kier molecular flexibility index (Phi) is 4.00. The van der Waals surface area contributed by atoms with Gasteiger partial charge >= 0.3 is 0 Å². The van der Waals surface area contributed by atoms with Crippen molar-refractivity contribution in [1.82, 2.24) is 9.78 Å². The first-order valence-corrected chi connectivity index (χ1v) is 7.55. The van der Waals surface area contributed by atoms with Gasteiger partial charge in [-0.2, -0.15) is 5.10 Å². The van der Waals surface area contributed by atoms with E-state index in [-0.39, 0.29) is 10.0 Å². The van der Waals surface area contributed by atoms with Crippen molar-refractivity contribution >= 4 is 29.5 Å². The van der Waals surface area contributed by atoms with Gasteiger partial charge in [-0.25, -0.2) is 4.39 Å². The van der Waals surface area contributed by atoms with Crippen molar-refractivity contribution < 1.29 is 9.18 Å². The van der Waals surface area contributed by atoms with Gasteiger partial charge in [0.2, 0.25) is 0 Å². The van der Waals surface area contributed by atoms with Gasteiger partial charge in [0.05, 0.1) is 21.7 Å². The Morgan fingerprint density at radius 2 is 1.95 bits per heavy atom. The molecule has 0 unspecified atom stereocenters. The summed E-state index contributed by atoms with van der Waals surface area (Å²) in [5, 5.41) is 4.69. The van der Waals surface area contributed by atoms with E-state index in [2.05, 4.69) is 5.10 Å². The number of hydrogen-bond acceptors (Lipinski definition) is 2. The van der Waals surface area contributed by atoms with Crippen LogP contribution in [-0.2, 0) is 0 Å². The molecule has 1 aliphatic rings. The molecular weight excluding hydrogens is 314 g/mol. The van der Waals surface area contributed by atoms with Gasteiger partial charge in [-0.15, -0.1) is 0 Å². The highest BCUT2D eigenvalue weighted by molar-refractivity contribution is 6.36.